The topological polar surface area (TPSA) is 59.6 Å². The number of rotatable bonds is 5. The Morgan fingerprint density at radius 1 is 1.31 bits per heavy atom. The maximum atomic E-state index is 7.44. The summed E-state index contributed by atoms with van der Waals surface area (Å²) in [4.78, 5) is 6.97. The van der Waals surface area contributed by atoms with Crippen LogP contribution in [-0.2, 0) is 0 Å². The smallest absolute Gasteiger partial charge is 0.108 e. The van der Waals surface area contributed by atoms with Gasteiger partial charge in [-0.05, 0) is 21.0 Å². The molecule has 0 aromatic rings. The van der Waals surface area contributed by atoms with Gasteiger partial charge in [-0.3, -0.25) is 15.2 Å². The van der Waals surface area contributed by atoms with Gasteiger partial charge in [0.15, 0.2) is 0 Å². The zero-order valence-electron chi connectivity index (χ0n) is 10.7. The molecular weight excluding hydrogens is 202 g/mol. The van der Waals surface area contributed by atoms with Crippen LogP contribution in [0.2, 0.25) is 0 Å². The fourth-order valence-electron chi connectivity index (χ4n) is 1.91. The van der Waals surface area contributed by atoms with Crippen molar-refractivity contribution in [3.8, 4) is 0 Å². The van der Waals surface area contributed by atoms with Crippen molar-refractivity contribution < 1.29 is 0 Å². The van der Waals surface area contributed by atoms with Gasteiger partial charge in [0, 0.05) is 39.3 Å². The maximum absolute atomic E-state index is 7.44. The molecule has 0 aromatic heterocycles. The molecule has 1 saturated heterocycles. The summed E-state index contributed by atoms with van der Waals surface area (Å²) in [5.74, 6) is 0.279. The first kappa shape index (κ1) is 13.4. The lowest BCUT2D eigenvalue weighted by molar-refractivity contribution is 0.116. The Morgan fingerprint density at radius 3 is 2.31 bits per heavy atom. The van der Waals surface area contributed by atoms with Crippen molar-refractivity contribution in [1.82, 2.24) is 14.7 Å². The van der Waals surface area contributed by atoms with E-state index in [4.69, 9.17) is 11.1 Å². The number of likely N-dealkylation sites (N-methyl/N-ethyl adjacent to an activating group) is 1. The molecule has 0 amide bonds. The molecule has 1 atom stereocenters. The normalized spacial score (nSPS) is 21.2. The molecule has 0 aromatic carbocycles. The molecule has 1 unspecified atom stereocenters. The van der Waals surface area contributed by atoms with Gasteiger partial charge in [0.05, 0.1) is 6.04 Å². The van der Waals surface area contributed by atoms with Crippen LogP contribution in [0.25, 0.3) is 0 Å². The lowest BCUT2D eigenvalue weighted by atomic mass is 10.2. The van der Waals surface area contributed by atoms with Crippen LogP contribution in [0.1, 0.15) is 6.92 Å². The van der Waals surface area contributed by atoms with Crippen molar-refractivity contribution in [2.24, 2.45) is 5.73 Å². The predicted molar refractivity (Wildman–Crippen MR) is 67.9 cm³/mol. The first-order valence-corrected chi connectivity index (χ1v) is 5.95. The van der Waals surface area contributed by atoms with E-state index in [-0.39, 0.29) is 11.9 Å². The van der Waals surface area contributed by atoms with Gasteiger partial charge in [0.2, 0.25) is 0 Å². The summed E-state index contributed by atoms with van der Waals surface area (Å²) in [6.45, 7) is 8.48. The van der Waals surface area contributed by atoms with Gasteiger partial charge in [0.1, 0.15) is 5.84 Å². The third-order valence-electron chi connectivity index (χ3n) is 3.27. The fraction of sp³-hybridized carbons (Fsp3) is 0.909. The number of nitrogens with zero attached hydrogens (tertiary/aromatic N) is 3. The molecule has 5 heteroatoms. The highest BCUT2D eigenvalue weighted by molar-refractivity contribution is 5.82. The highest BCUT2D eigenvalue weighted by Crippen LogP contribution is 2.05. The Labute approximate surface area is 98.7 Å². The Morgan fingerprint density at radius 2 is 1.88 bits per heavy atom. The molecule has 0 aliphatic carbocycles. The van der Waals surface area contributed by atoms with E-state index in [1.165, 1.54) is 0 Å². The molecule has 3 N–H and O–H groups in total. The van der Waals surface area contributed by atoms with Crippen LogP contribution >= 0.6 is 0 Å². The van der Waals surface area contributed by atoms with Gasteiger partial charge in [-0.15, -0.1) is 0 Å². The maximum Gasteiger partial charge on any atom is 0.108 e. The van der Waals surface area contributed by atoms with E-state index in [2.05, 4.69) is 28.8 Å². The Hall–Kier alpha value is -0.650. The standard InChI is InChI=1S/C11H25N5/c1-10(11(12)13)16-8-6-15(7-9-16)5-4-14(2)3/h10H,4-9H2,1-3H3,(H3,12,13). The van der Waals surface area contributed by atoms with Crippen LogP contribution in [-0.4, -0.2) is 79.9 Å². The molecule has 1 aliphatic heterocycles. The van der Waals surface area contributed by atoms with Crippen LogP contribution in [0.15, 0.2) is 0 Å². The van der Waals surface area contributed by atoms with E-state index >= 15 is 0 Å². The van der Waals surface area contributed by atoms with E-state index in [9.17, 15) is 0 Å². The third-order valence-corrected chi connectivity index (χ3v) is 3.27. The number of nitrogens with one attached hydrogen (secondary N) is 1. The number of piperazine rings is 1. The number of hydrogen-bond donors (Lipinski definition) is 2. The van der Waals surface area contributed by atoms with Crippen molar-refractivity contribution in [3.05, 3.63) is 0 Å². The summed E-state index contributed by atoms with van der Waals surface area (Å²) < 4.78 is 0. The molecule has 1 aliphatic rings. The molecule has 0 saturated carbocycles. The zero-order valence-corrected chi connectivity index (χ0v) is 10.7. The van der Waals surface area contributed by atoms with E-state index in [0.717, 1.165) is 39.3 Å². The minimum Gasteiger partial charge on any atom is -0.386 e. The summed E-state index contributed by atoms with van der Waals surface area (Å²) >= 11 is 0. The quantitative estimate of drug-likeness (QED) is 0.491. The predicted octanol–water partition coefficient (Wildman–Crippen LogP) is -0.510. The highest BCUT2D eigenvalue weighted by atomic mass is 15.3. The van der Waals surface area contributed by atoms with Crippen LogP contribution in [0.4, 0.5) is 0 Å². The Balaban J connectivity index is 2.25. The van der Waals surface area contributed by atoms with Gasteiger partial charge in [0.25, 0.3) is 0 Å². The Bertz CT molecular complexity index is 220. The lowest BCUT2D eigenvalue weighted by Gasteiger charge is -2.37. The largest absolute Gasteiger partial charge is 0.386 e. The van der Waals surface area contributed by atoms with Crippen molar-refractivity contribution >= 4 is 5.84 Å². The summed E-state index contributed by atoms with van der Waals surface area (Å²) in [5, 5.41) is 7.44. The molecule has 0 spiro atoms. The van der Waals surface area contributed by atoms with Crippen molar-refractivity contribution in [3.63, 3.8) is 0 Å². The monoisotopic (exact) mass is 227 g/mol. The van der Waals surface area contributed by atoms with Crippen LogP contribution in [0.3, 0.4) is 0 Å². The zero-order chi connectivity index (χ0) is 12.1. The SMILES string of the molecule is CC(C(=N)N)N1CCN(CCN(C)C)CC1. The number of hydrogen-bond acceptors (Lipinski definition) is 4. The molecule has 16 heavy (non-hydrogen) atoms. The molecule has 1 rings (SSSR count). The van der Waals surface area contributed by atoms with Gasteiger partial charge in [-0.1, -0.05) is 0 Å². The Kier molecular flexibility index (Phi) is 5.18. The van der Waals surface area contributed by atoms with Gasteiger partial charge in [-0.25, -0.2) is 0 Å². The fourth-order valence-corrected chi connectivity index (χ4v) is 1.91. The molecule has 0 bridgehead atoms. The van der Waals surface area contributed by atoms with E-state index in [1.54, 1.807) is 0 Å². The minimum absolute atomic E-state index is 0.0935. The number of amidine groups is 1. The first-order chi connectivity index (χ1) is 7.50. The second-order valence-corrected chi connectivity index (χ2v) is 4.81. The van der Waals surface area contributed by atoms with Gasteiger partial charge < -0.3 is 10.6 Å². The van der Waals surface area contributed by atoms with Crippen LogP contribution in [0, 0.1) is 5.41 Å². The summed E-state index contributed by atoms with van der Waals surface area (Å²) in [5.41, 5.74) is 5.52. The first-order valence-electron chi connectivity index (χ1n) is 5.95. The molecule has 5 nitrogen and oxygen atoms in total. The van der Waals surface area contributed by atoms with E-state index < -0.39 is 0 Å². The molecule has 94 valence electrons. The van der Waals surface area contributed by atoms with Crippen LogP contribution < -0.4 is 5.73 Å². The number of nitrogens with two attached hydrogens (primary N) is 1. The lowest BCUT2D eigenvalue weighted by Crippen LogP contribution is -2.53. The molecular formula is C11H25N5. The van der Waals surface area contributed by atoms with Gasteiger partial charge in [-0.2, -0.15) is 0 Å². The average molecular weight is 227 g/mol. The minimum atomic E-state index is 0.0935. The van der Waals surface area contributed by atoms with E-state index in [1.807, 2.05) is 6.92 Å². The van der Waals surface area contributed by atoms with E-state index in [0.29, 0.717) is 0 Å². The highest BCUT2D eigenvalue weighted by Gasteiger charge is 2.22. The summed E-state index contributed by atoms with van der Waals surface area (Å²) in [6.07, 6.45) is 0. The molecule has 0 radical (unpaired) electrons. The second-order valence-electron chi connectivity index (χ2n) is 4.81. The third kappa shape index (κ3) is 4.08. The van der Waals surface area contributed by atoms with Crippen LogP contribution in [0.5, 0.6) is 0 Å². The molecule has 1 heterocycles. The van der Waals surface area contributed by atoms with Crippen molar-refractivity contribution in [1.29, 1.82) is 5.41 Å². The van der Waals surface area contributed by atoms with Crippen molar-refractivity contribution in [2.75, 3.05) is 53.4 Å². The average Bonchev–Trinajstić information content (AvgIpc) is 2.26. The van der Waals surface area contributed by atoms with Crippen molar-refractivity contribution in [2.45, 2.75) is 13.0 Å². The summed E-state index contributed by atoms with van der Waals surface area (Å²) in [7, 11) is 4.21. The van der Waals surface area contributed by atoms with Gasteiger partial charge >= 0.3 is 0 Å². The second kappa shape index (κ2) is 6.18. The molecule has 1 fully saturated rings. The summed E-state index contributed by atoms with van der Waals surface area (Å²) in [6, 6.07) is 0.0935.